The molecule has 0 amide bonds. The number of benzene rings is 2. The van der Waals surface area contributed by atoms with E-state index >= 15 is 0 Å². The van der Waals surface area contributed by atoms with E-state index in [0.717, 1.165) is 11.1 Å². The number of hydrogen-bond acceptors (Lipinski definition) is 2. The van der Waals surface area contributed by atoms with E-state index in [2.05, 4.69) is 0 Å². The molecular formula is C13H12O2. The number of rotatable bonds is 2. The first-order valence-electron chi connectivity index (χ1n) is 4.80. The summed E-state index contributed by atoms with van der Waals surface area (Å²) in [6.45, 7) is 0. The maximum absolute atomic E-state index is 9.31. The van der Waals surface area contributed by atoms with Crippen LogP contribution in [0.15, 0.2) is 48.5 Å². The Kier molecular flexibility index (Phi) is 2.59. The molecule has 0 atom stereocenters. The van der Waals surface area contributed by atoms with Crippen molar-refractivity contribution in [2.24, 2.45) is 0 Å². The van der Waals surface area contributed by atoms with Gasteiger partial charge in [-0.05, 0) is 29.7 Å². The standard InChI is InChI=1S/C13H12O2/c14-12-7-11(8-13(15)9-12)6-10-4-2-1-3-5-10/h1-5,7-9,14-15H,6H2. The summed E-state index contributed by atoms with van der Waals surface area (Å²) in [5, 5.41) is 18.6. The van der Waals surface area contributed by atoms with Crippen LogP contribution >= 0.6 is 0 Å². The monoisotopic (exact) mass is 200 g/mol. The van der Waals surface area contributed by atoms with Crippen LogP contribution in [0, 0.1) is 0 Å². The third-order valence-corrected chi connectivity index (χ3v) is 2.21. The summed E-state index contributed by atoms with van der Waals surface area (Å²) in [5.74, 6) is 0.196. The van der Waals surface area contributed by atoms with E-state index in [1.165, 1.54) is 6.07 Å². The quantitative estimate of drug-likeness (QED) is 0.782. The van der Waals surface area contributed by atoms with Gasteiger partial charge in [-0.15, -0.1) is 0 Å². The summed E-state index contributed by atoms with van der Waals surface area (Å²) in [5.41, 5.74) is 2.06. The molecule has 76 valence electrons. The molecule has 0 spiro atoms. The fourth-order valence-corrected chi connectivity index (χ4v) is 1.59. The Morgan fingerprint density at radius 1 is 0.733 bits per heavy atom. The van der Waals surface area contributed by atoms with E-state index in [9.17, 15) is 10.2 Å². The fourth-order valence-electron chi connectivity index (χ4n) is 1.59. The van der Waals surface area contributed by atoms with Gasteiger partial charge in [-0.25, -0.2) is 0 Å². The van der Waals surface area contributed by atoms with Gasteiger partial charge in [0.25, 0.3) is 0 Å². The van der Waals surface area contributed by atoms with Crippen LogP contribution in [0.25, 0.3) is 0 Å². The minimum Gasteiger partial charge on any atom is -0.508 e. The average molecular weight is 200 g/mol. The maximum atomic E-state index is 9.31. The molecule has 2 N–H and O–H groups in total. The Balaban J connectivity index is 2.25. The van der Waals surface area contributed by atoms with Crippen molar-refractivity contribution < 1.29 is 10.2 Å². The normalized spacial score (nSPS) is 10.1. The summed E-state index contributed by atoms with van der Waals surface area (Å²) in [6.07, 6.45) is 0.711. The van der Waals surface area contributed by atoms with Gasteiger partial charge in [0, 0.05) is 6.07 Å². The molecule has 2 aromatic rings. The molecule has 0 heterocycles. The average Bonchev–Trinajstić information content (AvgIpc) is 2.17. The fraction of sp³-hybridized carbons (Fsp3) is 0.0769. The molecule has 0 aliphatic carbocycles. The minimum absolute atomic E-state index is 0.0981. The summed E-state index contributed by atoms with van der Waals surface area (Å²) in [7, 11) is 0. The number of phenols is 2. The van der Waals surface area contributed by atoms with Gasteiger partial charge in [0.2, 0.25) is 0 Å². The zero-order chi connectivity index (χ0) is 10.7. The molecule has 0 saturated heterocycles. The van der Waals surface area contributed by atoms with Gasteiger partial charge in [-0.2, -0.15) is 0 Å². The summed E-state index contributed by atoms with van der Waals surface area (Å²) < 4.78 is 0. The van der Waals surface area contributed by atoms with E-state index in [1.807, 2.05) is 30.3 Å². The first-order chi connectivity index (χ1) is 7.24. The molecule has 2 rings (SSSR count). The maximum Gasteiger partial charge on any atom is 0.119 e. The number of phenolic OH excluding ortho intramolecular Hbond substituents is 2. The highest BCUT2D eigenvalue weighted by atomic mass is 16.3. The van der Waals surface area contributed by atoms with E-state index < -0.39 is 0 Å². The summed E-state index contributed by atoms with van der Waals surface area (Å²) in [4.78, 5) is 0. The van der Waals surface area contributed by atoms with Crippen LogP contribution in [0.1, 0.15) is 11.1 Å². The molecule has 0 fully saturated rings. The van der Waals surface area contributed by atoms with E-state index in [1.54, 1.807) is 12.1 Å². The van der Waals surface area contributed by atoms with Crippen LogP contribution in [0.3, 0.4) is 0 Å². The first kappa shape index (κ1) is 9.59. The highest BCUT2D eigenvalue weighted by Crippen LogP contribution is 2.22. The van der Waals surface area contributed by atoms with Gasteiger partial charge in [0.15, 0.2) is 0 Å². The predicted octanol–water partition coefficient (Wildman–Crippen LogP) is 2.69. The molecule has 15 heavy (non-hydrogen) atoms. The lowest BCUT2D eigenvalue weighted by molar-refractivity contribution is 0.449. The SMILES string of the molecule is Oc1cc(O)cc(Cc2ccccc2)c1. The zero-order valence-corrected chi connectivity index (χ0v) is 8.22. The van der Waals surface area contributed by atoms with E-state index in [4.69, 9.17) is 0 Å². The minimum atomic E-state index is 0.0981. The Labute approximate surface area is 88.4 Å². The van der Waals surface area contributed by atoms with Crippen molar-refractivity contribution in [3.63, 3.8) is 0 Å². The molecule has 0 bridgehead atoms. The van der Waals surface area contributed by atoms with Gasteiger partial charge >= 0.3 is 0 Å². The number of hydrogen-bond donors (Lipinski definition) is 2. The van der Waals surface area contributed by atoms with Gasteiger partial charge < -0.3 is 10.2 Å². The lowest BCUT2D eigenvalue weighted by Crippen LogP contribution is -1.87. The Bertz CT molecular complexity index is 429. The second kappa shape index (κ2) is 4.05. The van der Waals surface area contributed by atoms with Crippen LogP contribution < -0.4 is 0 Å². The van der Waals surface area contributed by atoms with Crippen molar-refractivity contribution >= 4 is 0 Å². The second-order valence-corrected chi connectivity index (χ2v) is 3.52. The van der Waals surface area contributed by atoms with Crippen LogP contribution in [0.2, 0.25) is 0 Å². The van der Waals surface area contributed by atoms with E-state index in [-0.39, 0.29) is 11.5 Å². The van der Waals surface area contributed by atoms with Gasteiger partial charge in [-0.3, -0.25) is 0 Å². The van der Waals surface area contributed by atoms with Crippen molar-refractivity contribution in [2.75, 3.05) is 0 Å². The molecular weight excluding hydrogens is 188 g/mol. The number of aromatic hydroxyl groups is 2. The third kappa shape index (κ3) is 2.50. The largest absolute Gasteiger partial charge is 0.508 e. The van der Waals surface area contributed by atoms with Crippen molar-refractivity contribution in [2.45, 2.75) is 6.42 Å². The second-order valence-electron chi connectivity index (χ2n) is 3.52. The molecule has 0 aromatic heterocycles. The highest BCUT2D eigenvalue weighted by molar-refractivity contribution is 5.38. The van der Waals surface area contributed by atoms with Gasteiger partial charge in [0.1, 0.15) is 11.5 Å². The summed E-state index contributed by atoms with van der Waals surface area (Å²) >= 11 is 0. The molecule has 2 nitrogen and oxygen atoms in total. The Morgan fingerprint density at radius 3 is 1.93 bits per heavy atom. The Hall–Kier alpha value is -1.96. The first-order valence-corrected chi connectivity index (χ1v) is 4.80. The van der Waals surface area contributed by atoms with Crippen LogP contribution in [-0.4, -0.2) is 10.2 Å². The highest BCUT2D eigenvalue weighted by Gasteiger charge is 2.00. The lowest BCUT2D eigenvalue weighted by atomic mass is 10.0. The van der Waals surface area contributed by atoms with Crippen molar-refractivity contribution in [3.8, 4) is 11.5 Å². The smallest absolute Gasteiger partial charge is 0.119 e. The molecule has 0 saturated carbocycles. The lowest BCUT2D eigenvalue weighted by Gasteiger charge is -2.03. The third-order valence-electron chi connectivity index (χ3n) is 2.21. The molecule has 0 radical (unpaired) electrons. The molecule has 0 unspecified atom stereocenters. The van der Waals surface area contributed by atoms with Gasteiger partial charge in [-0.1, -0.05) is 30.3 Å². The topological polar surface area (TPSA) is 40.5 Å². The van der Waals surface area contributed by atoms with Crippen LogP contribution in [0.4, 0.5) is 0 Å². The van der Waals surface area contributed by atoms with E-state index in [0.29, 0.717) is 6.42 Å². The molecule has 0 aliphatic heterocycles. The van der Waals surface area contributed by atoms with Crippen LogP contribution in [0.5, 0.6) is 11.5 Å². The summed E-state index contributed by atoms with van der Waals surface area (Å²) in [6, 6.07) is 14.6. The zero-order valence-electron chi connectivity index (χ0n) is 8.22. The molecule has 0 aliphatic rings. The van der Waals surface area contributed by atoms with Crippen LogP contribution in [-0.2, 0) is 6.42 Å². The predicted molar refractivity (Wildman–Crippen MR) is 59.0 cm³/mol. The van der Waals surface area contributed by atoms with Gasteiger partial charge in [0.05, 0.1) is 0 Å². The Morgan fingerprint density at radius 2 is 1.33 bits per heavy atom. The van der Waals surface area contributed by atoms with Crippen molar-refractivity contribution in [1.82, 2.24) is 0 Å². The van der Waals surface area contributed by atoms with Crippen molar-refractivity contribution in [1.29, 1.82) is 0 Å². The van der Waals surface area contributed by atoms with Crippen molar-refractivity contribution in [3.05, 3.63) is 59.7 Å². The molecule has 2 aromatic carbocycles. The molecule has 2 heteroatoms.